The first-order valence-electron chi connectivity index (χ1n) is 9.80. The number of ether oxygens (including phenoxy) is 2. The minimum absolute atomic E-state index is 0.0364. The number of hydrazine groups is 1. The first-order valence-corrected chi connectivity index (χ1v) is 9.80. The third kappa shape index (κ3) is 2.94. The van der Waals surface area contributed by atoms with Gasteiger partial charge in [0.25, 0.3) is 0 Å². The van der Waals surface area contributed by atoms with Gasteiger partial charge in [-0.1, -0.05) is 0 Å². The van der Waals surface area contributed by atoms with Gasteiger partial charge >= 0.3 is 5.69 Å². The summed E-state index contributed by atoms with van der Waals surface area (Å²) in [5, 5.41) is 0.705. The number of methoxy groups -OCH3 is 2. The van der Waals surface area contributed by atoms with Crippen molar-refractivity contribution < 1.29 is 13.9 Å². The molecule has 1 atom stereocenters. The Morgan fingerprint density at radius 1 is 1.16 bits per heavy atom. The van der Waals surface area contributed by atoms with Gasteiger partial charge in [0.2, 0.25) is 0 Å². The smallest absolute Gasteiger partial charge is 0.334 e. The van der Waals surface area contributed by atoms with E-state index >= 15 is 0 Å². The second-order valence-corrected chi connectivity index (χ2v) is 7.37. The van der Waals surface area contributed by atoms with E-state index in [0.717, 1.165) is 18.5 Å². The number of aromatic nitrogens is 4. The van der Waals surface area contributed by atoms with Crippen molar-refractivity contribution in [3.63, 3.8) is 0 Å². The summed E-state index contributed by atoms with van der Waals surface area (Å²) in [5.41, 5.74) is 8.61. The molecule has 1 saturated heterocycles. The molecule has 1 aliphatic rings. The van der Waals surface area contributed by atoms with E-state index in [1.165, 1.54) is 28.5 Å². The minimum atomic E-state index is -0.658. The molecular formula is C21H21FN6O3. The van der Waals surface area contributed by atoms with E-state index in [-0.39, 0.29) is 17.6 Å². The maximum absolute atomic E-state index is 14.9. The Morgan fingerprint density at radius 3 is 2.68 bits per heavy atom. The van der Waals surface area contributed by atoms with Gasteiger partial charge < -0.3 is 9.47 Å². The van der Waals surface area contributed by atoms with Crippen molar-refractivity contribution in [2.24, 2.45) is 7.05 Å². The lowest BCUT2D eigenvalue weighted by Gasteiger charge is -2.16. The van der Waals surface area contributed by atoms with Crippen LogP contribution in [0.3, 0.4) is 0 Å². The van der Waals surface area contributed by atoms with Crippen LogP contribution in [0.2, 0.25) is 0 Å². The lowest BCUT2D eigenvalue weighted by Crippen LogP contribution is -2.25. The van der Waals surface area contributed by atoms with Crippen molar-refractivity contribution in [3.8, 4) is 17.3 Å². The molecular weight excluding hydrogens is 403 g/mol. The van der Waals surface area contributed by atoms with Gasteiger partial charge in [-0.15, -0.1) is 0 Å². The average Bonchev–Trinajstić information content (AvgIpc) is 3.40. The van der Waals surface area contributed by atoms with E-state index in [2.05, 4.69) is 20.8 Å². The highest BCUT2D eigenvalue weighted by Gasteiger charge is 2.24. The average molecular weight is 424 g/mol. The Kier molecular flexibility index (Phi) is 4.60. The molecule has 1 fully saturated rings. The molecule has 4 aromatic rings. The van der Waals surface area contributed by atoms with Crippen LogP contribution in [0.4, 0.5) is 4.39 Å². The predicted molar refractivity (Wildman–Crippen MR) is 113 cm³/mol. The molecule has 160 valence electrons. The molecule has 1 unspecified atom stereocenters. The molecule has 4 heterocycles. The van der Waals surface area contributed by atoms with Crippen LogP contribution in [-0.2, 0) is 7.05 Å². The number of hydrogen-bond donors (Lipinski definition) is 2. The number of halogens is 1. The maximum atomic E-state index is 14.9. The molecule has 1 aliphatic heterocycles. The van der Waals surface area contributed by atoms with Crippen molar-refractivity contribution in [2.75, 3.05) is 20.8 Å². The number of nitrogens with one attached hydrogen (secondary N) is 2. The van der Waals surface area contributed by atoms with Crippen LogP contribution in [0.5, 0.6) is 11.5 Å². The summed E-state index contributed by atoms with van der Waals surface area (Å²) in [7, 11) is 4.67. The van der Waals surface area contributed by atoms with Gasteiger partial charge in [0.05, 0.1) is 49.2 Å². The monoisotopic (exact) mass is 424 g/mol. The van der Waals surface area contributed by atoms with Crippen LogP contribution >= 0.6 is 0 Å². The number of nitrogens with zero attached hydrogens (tertiary/aromatic N) is 4. The molecule has 5 rings (SSSR count). The zero-order valence-electron chi connectivity index (χ0n) is 17.3. The fourth-order valence-electron chi connectivity index (χ4n) is 4.09. The zero-order chi connectivity index (χ0) is 21.7. The fourth-order valence-corrected chi connectivity index (χ4v) is 4.09. The number of rotatable bonds is 4. The molecule has 0 aliphatic carbocycles. The summed E-state index contributed by atoms with van der Waals surface area (Å²) >= 11 is 0. The SMILES string of the molecule is COc1cnc(-n2c(=O)n(C)c3cnc4cc(OC)c(C5CCNN5)cc4c32)c(F)c1. The molecule has 0 bridgehead atoms. The number of imidazole rings is 1. The van der Waals surface area contributed by atoms with Crippen LogP contribution < -0.4 is 26.0 Å². The summed E-state index contributed by atoms with van der Waals surface area (Å²) in [4.78, 5) is 21.8. The van der Waals surface area contributed by atoms with E-state index in [0.29, 0.717) is 27.7 Å². The zero-order valence-corrected chi connectivity index (χ0v) is 17.3. The quantitative estimate of drug-likeness (QED) is 0.517. The van der Waals surface area contributed by atoms with E-state index < -0.39 is 11.5 Å². The van der Waals surface area contributed by atoms with Gasteiger partial charge in [-0.2, -0.15) is 0 Å². The molecule has 10 heteroatoms. The number of benzene rings is 1. The maximum Gasteiger partial charge on any atom is 0.334 e. The Labute approximate surface area is 176 Å². The molecule has 0 amide bonds. The number of hydrogen-bond acceptors (Lipinski definition) is 7. The largest absolute Gasteiger partial charge is 0.496 e. The van der Waals surface area contributed by atoms with E-state index in [1.807, 2.05) is 12.1 Å². The molecule has 0 radical (unpaired) electrons. The van der Waals surface area contributed by atoms with Crippen LogP contribution in [0, 0.1) is 5.82 Å². The van der Waals surface area contributed by atoms with Crippen molar-refractivity contribution in [1.29, 1.82) is 0 Å². The molecule has 0 spiro atoms. The van der Waals surface area contributed by atoms with Gasteiger partial charge in [0.15, 0.2) is 11.6 Å². The van der Waals surface area contributed by atoms with E-state index in [1.54, 1.807) is 20.4 Å². The first-order chi connectivity index (χ1) is 15.0. The van der Waals surface area contributed by atoms with Crippen LogP contribution in [0.15, 0.2) is 35.4 Å². The van der Waals surface area contributed by atoms with Crippen LogP contribution in [0.25, 0.3) is 27.8 Å². The second-order valence-electron chi connectivity index (χ2n) is 7.37. The Bertz CT molecular complexity index is 1370. The lowest BCUT2D eigenvalue weighted by molar-refractivity contribution is 0.402. The highest BCUT2D eigenvalue weighted by molar-refractivity contribution is 6.04. The van der Waals surface area contributed by atoms with Gasteiger partial charge in [-0.3, -0.25) is 20.4 Å². The van der Waals surface area contributed by atoms with Crippen molar-refractivity contribution in [3.05, 3.63) is 52.5 Å². The highest BCUT2D eigenvalue weighted by atomic mass is 19.1. The van der Waals surface area contributed by atoms with Crippen LogP contribution in [-0.4, -0.2) is 39.9 Å². The molecule has 9 nitrogen and oxygen atoms in total. The van der Waals surface area contributed by atoms with Crippen molar-refractivity contribution >= 4 is 21.9 Å². The fraction of sp³-hybridized carbons (Fsp3) is 0.286. The summed E-state index contributed by atoms with van der Waals surface area (Å²) in [6, 6.07) is 5.03. The number of aryl methyl sites for hydroxylation is 1. The van der Waals surface area contributed by atoms with Crippen molar-refractivity contribution in [2.45, 2.75) is 12.5 Å². The molecule has 0 saturated carbocycles. The summed E-state index contributed by atoms with van der Waals surface area (Å²) in [6.45, 7) is 0.825. The summed E-state index contributed by atoms with van der Waals surface area (Å²) in [6.07, 6.45) is 3.86. The Balaban J connectivity index is 1.87. The van der Waals surface area contributed by atoms with Gasteiger partial charge in [-0.25, -0.2) is 18.7 Å². The molecule has 31 heavy (non-hydrogen) atoms. The lowest BCUT2D eigenvalue weighted by atomic mass is 10.0. The van der Waals surface area contributed by atoms with Gasteiger partial charge in [-0.05, 0) is 12.5 Å². The summed E-state index contributed by atoms with van der Waals surface area (Å²) < 4.78 is 28.3. The topological polar surface area (TPSA) is 95.2 Å². The Morgan fingerprint density at radius 2 is 2.00 bits per heavy atom. The second kappa shape index (κ2) is 7.33. The standard InChI is InChI=1S/C21H21FN6O3/c1-27-17-10-23-16-8-18(31-3)12(15-4-5-25-26-15)7-13(16)19(17)28(21(27)29)20-14(22)6-11(30-2)9-24-20/h6-10,15,25-26H,4-5H2,1-3H3. The van der Waals surface area contributed by atoms with Crippen LogP contribution in [0.1, 0.15) is 18.0 Å². The third-order valence-corrected chi connectivity index (χ3v) is 5.69. The predicted octanol–water partition coefficient (Wildman–Crippen LogP) is 1.97. The Hall–Kier alpha value is -3.50. The number of pyridine rings is 2. The summed E-state index contributed by atoms with van der Waals surface area (Å²) in [5.74, 6) is 0.211. The first kappa shape index (κ1) is 19.5. The van der Waals surface area contributed by atoms with E-state index in [9.17, 15) is 9.18 Å². The third-order valence-electron chi connectivity index (χ3n) is 5.69. The number of fused-ring (bicyclic) bond motifs is 3. The molecule has 1 aromatic carbocycles. The van der Waals surface area contributed by atoms with Gasteiger partial charge in [0.1, 0.15) is 11.5 Å². The minimum Gasteiger partial charge on any atom is -0.496 e. The molecule has 2 N–H and O–H groups in total. The molecule has 3 aromatic heterocycles. The van der Waals surface area contributed by atoms with Gasteiger partial charge in [0, 0.05) is 36.7 Å². The van der Waals surface area contributed by atoms with E-state index in [4.69, 9.17) is 9.47 Å². The normalized spacial score (nSPS) is 16.3. The van der Waals surface area contributed by atoms with Crippen molar-refractivity contribution in [1.82, 2.24) is 30.0 Å². The highest BCUT2D eigenvalue weighted by Crippen LogP contribution is 2.35.